The number of carbonyl (C=O) groups excluding carboxylic acids is 1. The van der Waals surface area contributed by atoms with Gasteiger partial charge in [-0.25, -0.2) is 4.98 Å². The topological polar surface area (TPSA) is 57.8 Å². The van der Waals surface area contributed by atoms with E-state index in [1.807, 2.05) is 6.92 Å². The predicted octanol–water partition coefficient (Wildman–Crippen LogP) is 1.94. The fourth-order valence-electron chi connectivity index (χ4n) is 1.95. The van der Waals surface area contributed by atoms with E-state index in [2.05, 4.69) is 27.4 Å². The standard InChI is InChI=1S/C12H17N3O/c1-9(11-13-7-8-14-11)15-12(16)10-5-3-2-4-6-10/h2-3,7-10H,4-6H2,1H3,(H,13,14)(H,15,16). The monoisotopic (exact) mass is 219 g/mol. The zero-order valence-electron chi connectivity index (χ0n) is 9.44. The van der Waals surface area contributed by atoms with Crippen molar-refractivity contribution >= 4 is 5.91 Å². The molecule has 1 aliphatic carbocycles. The highest BCUT2D eigenvalue weighted by Gasteiger charge is 2.21. The molecule has 0 saturated heterocycles. The van der Waals surface area contributed by atoms with Gasteiger partial charge in [0.05, 0.1) is 6.04 Å². The summed E-state index contributed by atoms with van der Waals surface area (Å²) in [7, 11) is 0. The molecule has 1 aromatic rings. The molecule has 86 valence electrons. The Hall–Kier alpha value is -1.58. The van der Waals surface area contributed by atoms with Crippen LogP contribution in [0.25, 0.3) is 0 Å². The van der Waals surface area contributed by atoms with Gasteiger partial charge in [0.15, 0.2) is 0 Å². The number of amides is 1. The lowest BCUT2D eigenvalue weighted by Gasteiger charge is -2.19. The van der Waals surface area contributed by atoms with E-state index in [9.17, 15) is 4.79 Å². The van der Waals surface area contributed by atoms with Crippen LogP contribution in [0.1, 0.15) is 38.1 Å². The second-order valence-electron chi connectivity index (χ2n) is 4.19. The van der Waals surface area contributed by atoms with Gasteiger partial charge in [-0.05, 0) is 26.2 Å². The van der Waals surface area contributed by atoms with E-state index in [0.717, 1.165) is 25.1 Å². The molecule has 2 atom stereocenters. The van der Waals surface area contributed by atoms with Crippen molar-refractivity contribution in [1.29, 1.82) is 0 Å². The van der Waals surface area contributed by atoms with Gasteiger partial charge in [0, 0.05) is 18.3 Å². The van der Waals surface area contributed by atoms with E-state index in [0.29, 0.717) is 0 Å². The Labute approximate surface area is 95.2 Å². The molecular formula is C12H17N3O. The van der Waals surface area contributed by atoms with Gasteiger partial charge in [-0.2, -0.15) is 0 Å². The number of aromatic amines is 1. The molecule has 1 aliphatic rings. The Bertz CT molecular complexity index is 370. The molecule has 2 unspecified atom stereocenters. The Morgan fingerprint density at radius 2 is 2.50 bits per heavy atom. The first kappa shape index (κ1) is 10.9. The quantitative estimate of drug-likeness (QED) is 0.763. The summed E-state index contributed by atoms with van der Waals surface area (Å²) in [6, 6.07) is -0.0478. The summed E-state index contributed by atoms with van der Waals surface area (Å²) in [6.07, 6.45) is 10.5. The molecule has 0 saturated carbocycles. The molecule has 4 nitrogen and oxygen atoms in total. The molecule has 2 N–H and O–H groups in total. The van der Waals surface area contributed by atoms with Crippen LogP contribution in [0.4, 0.5) is 0 Å². The number of nitrogens with one attached hydrogen (secondary N) is 2. The molecule has 16 heavy (non-hydrogen) atoms. The van der Waals surface area contributed by atoms with Gasteiger partial charge in [-0.15, -0.1) is 0 Å². The van der Waals surface area contributed by atoms with Crippen LogP contribution < -0.4 is 5.32 Å². The lowest BCUT2D eigenvalue weighted by atomic mass is 9.93. The number of allylic oxidation sites excluding steroid dienone is 2. The predicted molar refractivity (Wildman–Crippen MR) is 61.6 cm³/mol. The normalized spacial score (nSPS) is 21.7. The Morgan fingerprint density at radius 1 is 1.62 bits per heavy atom. The fraction of sp³-hybridized carbons (Fsp3) is 0.500. The molecule has 0 bridgehead atoms. The molecule has 2 rings (SSSR count). The average molecular weight is 219 g/mol. The van der Waals surface area contributed by atoms with E-state index in [4.69, 9.17) is 0 Å². The van der Waals surface area contributed by atoms with Crippen molar-refractivity contribution in [2.45, 2.75) is 32.2 Å². The third-order valence-electron chi connectivity index (χ3n) is 2.93. The lowest BCUT2D eigenvalue weighted by molar-refractivity contribution is -0.125. The van der Waals surface area contributed by atoms with Gasteiger partial charge in [-0.1, -0.05) is 12.2 Å². The largest absolute Gasteiger partial charge is 0.347 e. The Morgan fingerprint density at radius 3 is 3.12 bits per heavy atom. The van der Waals surface area contributed by atoms with Crippen LogP contribution in [0.3, 0.4) is 0 Å². The van der Waals surface area contributed by atoms with Crippen LogP contribution in [0.5, 0.6) is 0 Å². The second kappa shape index (κ2) is 4.96. The molecule has 0 spiro atoms. The Balaban J connectivity index is 1.89. The minimum atomic E-state index is -0.0478. The van der Waals surface area contributed by atoms with Crippen molar-refractivity contribution in [2.24, 2.45) is 5.92 Å². The maximum absolute atomic E-state index is 11.9. The molecule has 1 heterocycles. The van der Waals surface area contributed by atoms with Gasteiger partial charge >= 0.3 is 0 Å². The number of imidazole rings is 1. The highest BCUT2D eigenvalue weighted by Crippen LogP contribution is 2.19. The number of hydrogen-bond donors (Lipinski definition) is 2. The van der Waals surface area contributed by atoms with Crippen LogP contribution in [-0.4, -0.2) is 15.9 Å². The molecule has 0 aromatic carbocycles. The maximum atomic E-state index is 11.9. The lowest BCUT2D eigenvalue weighted by Crippen LogP contribution is -2.33. The van der Waals surface area contributed by atoms with Crippen molar-refractivity contribution in [3.8, 4) is 0 Å². The number of H-pyrrole nitrogens is 1. The summed E-state index contributed by atoms with van der Waals surface area (Å²) >= 11 is 0. The van der Waals surface area contributed by atoms with E-state index in [-0.39, 0.29) is 17.9 Å². The van der Waals surface area contributed by atoms with Crippen LogP contribution in [0, 0.1) is 5.92 Å². The summed E-state index contributed by atoms with van der Waals surface area (Å²) in [6.45, 7) is 1.94. The zero-order valence-corrected chi connectivity index (χ0v) is 9.44. The maximum Gasteiger partial charge on any atom is 0.224 e. The van der Waals surface area contributed by atoms with Crippen LogP contribution in [-0.2, 0) is 4.79 Å². The van der Waals surface area contributed by atoms with E-state index >= 15 is 0 Å². The summed E-state index contributed by atoms with van der Waals surface area (Å²) in [5.74, 6) is 1.07. The van der Waals surface area contributed by atoms with Crippen LogP contribution >= 0.6 is 0 Å². The van der Waals surface area contributed by atoms with Gasteiger partial charge in [0.2, 0.25) is 5.91 Å². The molecule has 0 radical (unpaired) electrons. The number of carbonyl (C=O) groups is 1. The highest BCUT2D eigenvalue weighted by molar-refractivity contribution is 5.79. The van der Waals surface area contributed by atoms with Crippen molar-refractivity contribution in [3.05, 3.63) is 30.4 Å². The molecule has 0 fully saturated rings. The van der Waals surface area contributed by atoms with E-state index in [1.54, 1.807) is 12.4 Å². The summed E-state index contributed by atoms with van der Waals surface area (Å²) in [5, 5.41) is 2.99. The van der Waals surface area contributed by atoms with Crippen molar-refractivity contribution in [2.75, 3.05) is 0 Å². The van der Waals surface area contributed by atoms with Crippen LogP contribution in [0.2, 0.25) is 0 Å². The first-order valence-corrected chi connectivity index (χ1v) is 5.72. The minimum absolute atomic E-state index is 0.0478. The molecule has 1 amide bonds. The Kier molecular flexibility index (Phi) is 3.39. The van der Waals surface area contributed by atoms with Crippen LogP contribution in [0.15, 0.2) is 24.5 Å². The van der Waals surface area contributed by atoms with Gasteiger partial charge in [0.25, 0.3) is 0 Å². The summed E-state index contributed by atoms with van der Waals surface area (Å²) in [4.78, 5) is 19.1. The number of nitrogens with zero attached hydrogens (tertiary/aromatic N) is 1. The molecule has 1 aromatic heterocycles. The zero-order chi connectivity index (χ0) is 11.4. The third kappa shape index (κ3) is 2.51. The smallest absolute Gasteiger partial charge is 0.224 e. The van der Waals surface area contributed by atoms with E-state index < -0.39 is 0 Å². The average Bonchev–Trinajstić information content (AvgIpc) is 2.83. The van der Waals surface area contributed by atoms with Crippen molar-refractivity contribution in [1.82, 2.24) is 15.3 Å². The fourth-order valence-corrected chi connectivity index (χ4v) is 1.95. The first-order valence-electron chi connectivity index (χ1n) is 5.72. The number of rotatable bonds is 3. The van der Waals surface area contributed by atoms with Gasteiger partial charge in [0.1, 0.15) is 5.82 Å². The van der Waals surface area contributed by atoms with Crippen molar-refractivity contribution in [3.63, 3.8) is 0 Å². The minimum Gasteiger partial charge on any atom is -0.347 e. The summed E-state index contributed by atoms with van der Waals surface area (Å²) in [5.41, 5.74) is 0. The number of hydrogen-bond acceptors (Lipinski definition) is 2. The molecular weight excluding hydrogens is 202 g/mol. The number of aromatic nitrogens is 2. The van der Waals surface area contributed by atoms with Gasteiger partial charge < -0.3 is 10.3 Å². The molecule has 4 heteroatoms. The first-order chi connectivity index (χ1) is 7.77. The highest BCUT2D eigenvalue weighted by atomic mass is 16.1. The molecule has 0 aliphatic heterocycles. The van der Waals surface area contributed by atoms with Gasteiger partial charge in [-0.3, -0.25) is 4.79 Å². The summed E-state index contributed by atoms with van der Waals surface area (Å²) < 4.78 is 0. The second-order valence-corrected chi connectivity index (χ2v) is 4.19. The van der Waals surface area contributed by atoms with E-state index in [1.165, 1.54) is 0 Å². The van der Waals surface area contributed by atoms with Crippen molar-refractivity contribution < 1.29 is 4.79 Å². The SMILES string of the molecule is CC(NC(=O)C1CC=CCC1)c1ncc[nH]1. The third-order valence-corrected chi connectivity index (χ3v) is 2.93.